The van der Waals surface area contributed by atoms with Crippen molar-refractivity contribution >= 4 is 0 Å². The quantitative estimate of drug-likeness (QED) is 0.723. The van der Waals surface area contributed by atoms with Crippen LogP contribution < -0.4 is 5.32 Å². The molecule has 0 aliphatic carbocycles. The molecule has 0 amide bonds. The predicted octanol–water partition coefficient (Wildman–Crippen LogP) is -0.143. The average Bonchev–Trinajstić information content (AvgIpc) is 2.87. The number of hydrogen-bond donors (Lipinski definition) is 1. The summed E-state index contributed by atoms with van der Waals surface area (Å²) in [5, 5.41) is 3.36. The highest BCUT2D eigenvalue weighted by Crippen LogP contribution is 2.19. The minimum absolute atomic E-state index is 0.554. The minimum Gasteiger partial charge on any atom is -0.379 e. The van der Waals surface area contributed by atoms with E-state index >= 15 is 0 Å². The molecule has 2 rings (SSSR count). The lowest BCUT2D eigenvalue weighted by Gasteiger charge is -2.24. The monoisotopic (exact) mass is 227 g/mol. The van der Waals surface area contributed by atoms with Crippen LogP contribution in [0.1, 0.15) is 6.42 Å². The number of likely N-dealkylation sites (tertiary alicyclic amines) is 1. The zero-order chi connectivity index (χ0) is 11.5. The Labute approximate surface area is 98.9 Å². The van der Waals surface area contributed by atoms with Gasteiger partial charge >= 0.3 is 0 Å². The van der Waals surface area contributed by atoms with E-state index < -0.39 is 0 Å². The molecular formula is C12H25N3O. The zero-order valence-electron chi connectivity index (χ0n) is 10.8. The zero-order valence-corrected chi connectivity index (χ0v) is 10.8. The summed E-state index contributed by atoms with van der Waals surface area (Å²) in [6, 6.07) is 1.30. The highest BCUT2D eigenvalue weighted by molar-refractivity contribution is 4.87. The number of rotatable bonds is 4. The smallest absolute Gasteiger partial charge is 0.0623 e. The Kier molecular flexibility index (Phi) is 4.19. The number of nitrogens with zero attached hydrogens (tertiary/aromatic N) is 2. The summed E-state index contributed by atoms with van der Waals surface area (Å²) in [5.41, 5.74) is 0. The third-order valence-electron chi connectivity index (χ3n) is 4.04. The van der Waals surface area contributed by atoms with Crippen LogP contribution in [0, 0.1) is 5.92 Å². The van der Waals surface area contributed by atoms with Gasteiger partial charge in [-0.15, -0.1) is 0 Å². The molecule has 0 aromatic heterocycles. The van der Waals surface area contributed by atoms with Crippen LogP contribution in [-0.4, -0.2) is 75.9 Å². The van der Waals surface area contributed by atoms with Crippen molar-refractivity contribution in [3.63, 3.8) is 0 Å². The van der Waals surface area contributed by atoms with E-state index in [0.29, 0.717) is 12.0 Å². The molecule has 0 spiro atoms. The molecule has 4 heteroatoms. The SMILES string of the molecule is CNC1COCC1CN1CCC(N(C)C)C1. The number of ether oxygens (including phenoxy) is 1. The fourth-order valence-corrected chi connectivity index (χ4v) is 2.83. The molecule has 3 atom stereocenters. The van der Waals surface area contributed by atoms with E-state index in [2.05, 4.69) is 29.2 Å². The molecule has 4 nitrogen and oxygen atoms in total. The van der Waals surface area contributed by atoms with Crippen LogP contribution in [0.15, 0.2) is 0 Å². The van der Waals surface area contributed by atoms with Gasteiger partial charge in [-0.2, -0.15) is 0 Å². The van der Waals surface area contributed by atoms with Crippen molar-refractivity contribution in [3.05, 3.63) is 0 Å². The predicted molar refractivity (Wildman–Crippen MR) is 65.7 cm³/mol. The molecule has 0 saturated carbocycles. The highest BCUT2D eigenvalue weighted by atomic mass is 16.5. The van der Waals surface area contributed by atoms with E-state index in [1.165, 1.54) is 26.1 Å². The molecule has 0 aromatic carbocycles. The van der Waals surface area contributed by atoms with Crippen molar-refractivity contribution in [2.45, 2.75) is 18.5 Å². The van der Waals surface area contributed by atoms with Crippen molar-refractivity contribution in [1.82, 2.24) is 15.1 Å². The van der Waals surface area contributed by atoms with Crippen LogP contribution in [0.25, 0.3) is 0 Å². The summed E-state index contributed by atoms with van der Waals surface area (Å²) in [6.07, 6.45) is 1.31. The number of nitrogens with one attached hydrogen (secondary N) is 1. The molecule has 94 valence electrons. The van der Waals surface area contributed by atoms with E-state index in [4.69, 9.17) is 4.74 Å². The molecular weight excluding hydrogens is 202 g/mol. The molecule has 16 heavy (non-hydrogen) atoms. The third-order valence-corrected chi connectivity index (χ3v) is 4.04. The van der Waals surface area contributed by atoms with Gasteiger partial charge in [-0.1, -0.05) is 0 Å². The molecule has 2 heterocycles. The van der Waals surface area contributed by atoms with Gasteiger partial charge in [-0.3, -0.25) is 0 Å². The van der Waals surface area contributed by atoms with Crippen molar-refractivity contribution < 1.29 is 4.74 Å². The Hall–Kier alpha value is -0.160. The van der Waals surface area contributed by atoms with Crippen LogP contribution >= 0.6 is 0 Å². The highest BCUT2D eigenvalue weighted by Gasteiger charge is 2.31. The van der Waals surface area contributed by atoms with E-state index in [-0.39, 0.29) is 0 Å². The first kappa shape index (κ1) is 12.3. The van der Waals surface area contributed by atoms with Gasteiger partial charge in [0.2, 0.25) is 0 Å². The summed E-state index contributed by atoms with van der Waals surface area (Å²) >= 11 is 0. The van der Waals surface area contributed by atoms with Gasteiger partial charge in [0.25, 0.3) is 0 Å². The molecule has 3 unspecified atom stereocenters. The Morgan fingerprint density at radius 1 is 1.38 bits per heavy atom. The minimum atomic E-state index is 0.554. The maximum Gasteiger partial charge on any atom is 0.0623 e. The third kappa shape index (κ3) is 2.74. The maximum atomic E-state index is 5.55. The average molecular weight is 227 g/mol. The first-order valence-corrected chi connectivity index (χ1v) is 6.34. The lowest BCUT2D eigenvalue weighted by atomic mass is 10.0. The molecule has 2 saturated heterocycles. The van der Waals surface area contributed by atoms with Gasteiger partial charge < -0.3 is 19.9 Å². The summed E-state index contributed by atoms with van der Waals surface area (Å²) in [6.45, 7) is 5.46. The van der Waals surface area contributed by atoms with Gasteiger partial charge in [0.1, 0.15) is 0 Å². The molecule has 2 aliphatic heterocycles. The van der Waals surface area contributed by atoms with E-state index in [9.17, 15) is 0 Å². The second-order valence-electron chi connectivity index (χ2n) is 5.36. The van der Waals surface area contributed by atoms with Crippen molar-refractivity contribution in [2.24, 2.45) is 5.92 Å². The van der Waals surface area contributed by atoms with Crippen LogP contribution in [0.5, 0.6) is 0 Å². The molecule has 0 bridgehead atoms. The maximum absolute atomic E-state index is 5.55. The molecule has 2 fully saturated rings. The largest absolute Gasteiger partial charge is 0.379 e. The van der Waals surface area contributed by atoms with E-state index in [1.807, 2.05) is 7.05 Å². The van der Waals surface area contributed by atoms with Crippen LogP contribution in [0.4, 0.5) is 0 Å². The van der Waals surface area contributed by atoms with Crippen molar-refractivity contribution in [3.8, 4) is 0 Å². The first-order valence-electron chi connectivity index (χ1n) is 6.34. The van der Waals surface area contributed by atoms with Gasteiger partial charge in [0, 0.05) is 31.1 Å². The fraction of sp³-hybridized carbons (Fsp3) is 1.00. The van der Waals surface area contributed by atoms with Crippen LogP contribution in [-0.2, 0) is 4.74 Å². The van der Waals surface area contributed by atoms with Crippen LogP contribution in [0.3, 0.4) is 0 Å². The van der Waals surface area contributed by atoms with Crippen molar-refractivity contribution in [1.29, 1.82) is 0 Å². The second-order valence-corrected chi connectivity index (χ2v) is 5.36. The molecule has 2 aliphatic rings. The Balaban J connectivity index is 1.78. The van der Waals surface area contributed by atoms with Crippen molar-refractivity contribution in [2.75, 3.05) is 54.0 Å². The molecule has 0 radical (unpaired) electrons. The summed E-state index contributed by atoms with van der Waals surface area (Å²) < 4.78 is 5.55. The van der Waals surface area contributed by atoms with Crippen LogP contribution in [0.2, 0.25) is 0 Å². The Morgan fingerprint density at radius 2 is 2.19 bits per heavy atom. The normalized spacial score (nSPS) is 36.4. The molecule has 1 N–H and O–H groups in total. The summed E-state index contributed by atoms with van der Waals surface area (Å²) in [7, 11) is 6.41. The lowest BCUT2D eigenvalue weighted by Crippen LogP contribution is -2.40. The number of hydrogen-bond acceptors (Lipinski definition) is 4. The van der Waals surface area contributed by atoms with Gasteiger partial charge in [0.05, 0.1) is 13.2 Å². The van der Waals surface area contributed by atoms with Gasteiger partial charge in [-0.25, -0.2) is 0 Å². The van der Waals surface area contributed by atoms with Gasteiger partial charge in [-0.05, 0) is 34.1 Å². The lowest BCUT2D eigenvalue weighted by molar-refractivity contribution is 0.171. The fourth-order valence-electron chi connectivity index (χ4n) is 2.83. The standard InChI is InChI=1S/C12H25N3O/c1-13-12-9-16-8-10(12)6-15-5-4-11(7-15)14(2)3/h10-13H,4-9H2,1-3H3. The van der Waals surface area contributed by atoms with E-state index in [0.717, 1.165) is 19.3 Å². The summed E-state index contributed by atoms with van der Waals surface area (Å²) in [5.74, 6) is 0.672. The molecule has 0 aromatic rings. The number of likely N-dealkylation sites (N-methyl/N-ethyl adjacent to an activating group) is 2. The Bertz CT molecular complexity index is 222. The summed E-state index contributed by atoms with van der Waals surface area (Å²) in [4.78, 5) is 4.94. The topological polar surface area (TPSA) is 27.7 Å². The van der Waals surface area contributed by atoms with E-state index in [1.54, 1.807) is 0 Å². The van der Waals surface area contributed by atoms with Gasteiger partial charge in [0.15, 0.2) is 0 Å². The first-order chi connectivity index (χ1) is 7.70. The second kappa shape index (κ2) is 5.45. The Morgan fingerprint density at radius 3 is 2.81 bits per heavy atom.